The molecule has 4 atom stereocenters. The van der Waals surface area contributed by atoms with E-state index in [1.54, 1.807) is 0 Å². The van der Waals surface area contributed by atoms with E-state index < -0.39 is 0 Å². The van der Waals surface area contributed by atoms with Gasteiger partial charge in [0.05, 0.1) is 6.10 Å². The van der Waals surface area contributed by atoms with Crippen LogP contribution in [0.5, 0.6) is 0 Å². The maximum atomic E-state index is 10.3. The van der Waals surface area contributed by atoms with E-state index in [1.165, 1.54) is 12.0 Å². The van der Waals surface area contributed by atoms with Gasteiger partial charge in [-0.2, -0.15) is 0 Å². The van der Waals surface area contributed by atoms with Crippen molar-refractivity contribution in [1.82, 2.24) is 0 Å². The van der Waals surface area contributed by atoms with E-state index in [-0.39, 0.29) is 11.5 Å². The average Bonchev–Trinajstić information content (AvgIpc) is 2.49. The average molecular weight is 194 g/mol. The van der Waals surface area contributed by atoms with Gasteiger partial charge in [-0.25, -0.2) is 0 Å². The topological polar surface area (TPSA) is 20.2 Å². The maximum absolute atomic E-state index is 10.3. The van der Waals surface area contributed by atoms with Crippen molar-refractivity contribution in [1.29, 1.82) is 0 Å². The lowest BCUT2D eigenvalue weighted by Crippen LogP contribution is -2.30. The summed E-state index contributed by atoms with van der Waals surface area (Å²) in [6, 6.07) is 0. The Labute approximate surface area is 87.2 Å². The second kappa shape index (κ2) is 3.10. The fraction of sp³-hybridized carbons (Fsp3) is 0.846. The van der Waals surface area contributed by atoms with Crippen LogP contribution in [-0.4, -0.2) is 11.2 Å². The number of allylic oxidation sites excluding steroid dienone is 2. The van der Waals surface area contributed by atoms with Crippen LogP contribution < -0.4 is 0 Å². The highest BCUT2D eigenvalue weighted by Crippen LogP contribution is 2.51. The second-order valence-electron chi connectivity index (χ2n) is 6.24. The zero-order chi connectivity index (χ0) is 10.5. The molecule has 4 unspecified atom stereocenters. The summed E-state index contributed by atoms with van der Waals surface area (Å²) in [6.45, 7) is 8.94. The van der Waals surface area contributed by atoms with Crippen LogP contribution in [0.2, 0.25) is 0 Å². The maximum Gasteiger partial charge on any atom is 0.0610 e. The molecule has 1 saturated carbocycles. The van der Waals surface area contributed by atoms with Crippen molar-refractivity contribution in [2.45, 2.75) is 46.6 Å². The molecule has 2 rings (SSSR count). The van der Waals surface area contributed by atoms with E-state index in [9.17, 15) is 5.11 Å². The molecule has 1 fully saturated rings. The predicted octanol–water partition coefficient (Wildman–Crippen LogP) is 3.00. The van der Waals surface area contributed by atoms with Crippen molar-refractivity contribution in [3.8, 4) is 0 Å². The molecule has 2 aliphatic rings. The predicted molar refractivity (Wildman–Crippen MR) is 58.9 cm³/mol. The van der Waals surface area contributed by atoms with Gasteiger partial charge in [-0.15, -0.1) is 0 Å². The van der Waals surface area contributed by atoms with Crippen LogP contribution >= 0.6 is 0 Å². The van der Waals surface area contributed by atoms with E-state index in [2.05, 4.69) is 33.8 Å². The molecule has 0 bridgehead atoms. The van der Waals surface area contributed by atoms with Crippen molar-refractivity contribution in [3.05, 3.63) is 11.6 Å². The molecule has 0 amide bonds. The summed E-state index contributed by atoms with van der Waals surface area (Å²) in [6.07, 6.45) is 4.62. The second-order valence-corrected chi connectivity index (χ2v) is 6.24. The third-order valence-electron chi connectivity index (χ3n) is 4.10. The standard InChI is InChI=1S/C13H22O/c1-8-5-9-7-11(13(2,3)4)12(14)10(9)6-8/h5,9-12,14H,6-7H2,1-4H3. The molecule has 0 heterocycles. The minimum Gasteiger partial charge on any atom is -0.392 e. The number of hydrogen-bond acceptors (Lipinski definition) is 1. The summed E-state index contributed by atoms with van der Waals surface area (Å²) in [4.78, 5) is 0. The normalized spacial score (nSPS) is 42.5. The van der Waals surface area contributed by atoms with Crippen molar-refractivity contribution < 1.29 is 5.11 Å². The van der Waals surface area contributed by atoms with Gasteiger partial charge in [-0.1, -0.05) is 32.4 Å². The van der Waals surface area contributed by atoms with Crippen LogP contribution in [0, 0.1) is 23.2 Å². The first-order valence-corrected chi connectivity index (χ1v) is 5.75. The third kappa shape index (κ3) is 1.52. The lowest BCUT2D eigenvalue weighted by molar-refractivity contribution is 0.0399. The van der Waals surface area contributed by atoms with Gasteiger partial charge in [0.1, 0.15) is 0 Å². The minimum atomic E-state index is -0.0753. The molecule has 1 N–H and O–H groups in total. The van der Waals surface area contributed by atoms with E-state index in [4.69, 9.17) is 0 Å². The highest BCUT2D eigenvalue weighted by atomic mass is 16.3. The number of hydrogen-bond donors (Lipinski definition) is 1. The molecule has 0 aliphatic heterocycles. The van der Waals surface area contributed by atoms with E-state index in [0.29, 0.717) is 17.8 Å². The molecule has 0 radical (unpaired) electrons. The molecule has 0 aromatic rings. The fourth-order valence-corrected chi connectivity index (χ4v) is 3.29. The van der Waals surface area contributed by atoms with E-state index >= 15 is 0 Å². The summed E-state index contributed by atoms with van der Waals surface area (Å²) in [5, 5.41) is 10.3. The Balaban J connectivity index is 2.15. The van der Waals surface area contributed by atoms with Crippen molar-refractivity contribution in [2.75, 3.05) is 0 Å². The van der Waals surface area contributed by atoms with Crippen LogP contribution in [0.1, 0.15) is 40.5 Å². The zero-order valence-corrected chi connectivity index (χ0v) is 9.75. The Bertz CT molecular complexity index is 259. The molecule has 0 saturated heterocycles. The number of fused-ring (bicyclic) bond motifs is 1. The van der Waals surface area contributed by atoms with Crippen molar-refractivity contribution in [2.24, 2.45) is 23.2 Å². The van der Waals surface area contributed by atoms with Crippen molar-refractivity contribution in [3.63, 3.8) is 0 Å². The Hall–Kier alpha value is -0.300. The summed E-state index contributed by atoms with van der Waals surface area (Å²) < 4.78 is 0. The Kier molecular flexibility index (Phi) is 2.26. The van der Waals surface area contributed by atoms with Gasteiger partial charge in [-0.3, -0.25) is 0 Å². The molecule has 1 nitrogen and oxygen atoms in total. The molecular formula is C13H22O. The number of aliphatic hydroxyl groups excluding tert-OH is 1. The van der Waals surface area contributed by atoms with Crippen LogP contribution in [0.15, 0.2) is 11.6 Å². The Morgan fingerprint density at radius 3 is 2.50 bits per heavy atom. The zero-order valence-electron chi connectivity index (χ0n) is 9.75. The van der Waals surface area contributed by atoms with Gasteiger partial charge >= 0.3 is 0 Å². The minimum absolute atomic E-state index is 0.0753. The van der Waals surface area contributed by atoms with Gasteiger partial charge < -0.3 is 5.11 Å². The molecule has 0 spiro atoms. The van der Waals surface area contributed by atoms with Crippen LogP contribution in [0.25, 0.3) is 0 Å². The van der Waals surface area contributed by atoms with E-state index in [0.717, 1.165) is 6.42 Å². The molecule has 2 aliphatic carbocycles. The van der Waals surface area contributed by atoms with Gasteiger partial charge in [-0.05, 0) is 42.9 Å². The smallest absolute Gasteiger partial charge is 0.0610 e. The van der Waals surface area contributed by atoms with E-state index in [1.807, 2.05) is 0 Å². The van der Waals surface area contributed by atoms with Gasteiger partial charge in [0, 0.05) is 0 Å². The summed E-state index contributed by atoms with van der Waals surface area (Å²) in [5.41, 5.74) is 1.73. The third-order valence-corrected chi connectivity index (χ3v) is 4.10. The Morgan fingerprint density at radius 2 is 2.00 bits per heavy atom. The fourth-order valence-electron chi connectivity index (χ4n) is 3.29. The first kappa shape index (κ1) is 10.2. The highest BCUT2D eigenvalue weighted by molar-refractivity contribution is 5.17. The quantitative estimate of drug-likeness (QED) is 0.588. The monoisotopic (exact) mass is 194 g/mol. The molecule has 14 heavy (non-hydrogen) atoms. The van der Waals surface area contributed by atoms with Gasteiger partial charge in [0.25, 0.3) is 0 Å². The summed E-state index contributed by atoms with van der Waals surface area (Å²) in [7, 11) is 0. The summed E-state index contributed by atoms with van der Waals surface area (Å²) in [5.74, 6) is 1.68. The van der Waals surface area contributed by atoms with Crippen LogP contribution in [0.3, 0.4) is 0 Å². The SMILES string of the molecule is CC1=CC2CC(C(C)(C)C)C(O)C2C1. The molecule has 0 aromatic carbocycles. The molecular weight excluding hydrogens is 172 g/mol. The van der Waals surface area contributed by atoms with Gasteiger partial charge in [0.15, 0.2) is 0 Å². The molecule has 1 heteroatoms. The van der Waals surface area contributed by atoms with Crippen molar-refractivity contribution >= 4 is 0 Å². The lowest BCUT2D eigenvalue weighted by Gasteiger charge is -2.31. The highest BCUT2D eigenvalue weighted by Gasteiger charge is 2.47. The summed E-state index contributed by atoms with van der Waals surface area (Å²) >= 11 is 0. The first-order valence-electron chi connectivity index (χ1n) is 5.75. The first-order chi connectivity index (χ1) is 6.39. The van der Waals surface area contributed by atoms with Crippen LogP contribution in [0.4, 0.5) is 0 Å². The molecule has 80 valence electrons. The lowest BCUT2D eigenvalue weighted by atomic mass is 9.77. The van der Waals surface area contributed by atoms with Gasteiger partial charge in [0.2, 0.25) is 0 Å². The molecule has 0 aromatic heterocycles. The number of aliphatic hydroxyl groups is 1. The number of rotatable bonds is 0. The Morgan fingerprint density at radius 1 is 1.36 bits per heavy atom. The van der Waals surface area contributed by atoms with Crippen LogP contribution in [-0.2, 0) is 0 Å². The largest absolute Gasteiger partial charge is 0.392 e.